The van der Waals surface area contributed by atoms with Crippen LogP contribution >= 0.6 is 0 Å². The molecule has 1 aliphatic rings. The van der Waals surface area contributed by atoms with Crippen LogP contribution in [0.25, 0.3) is 5.69 Å². The highest BCUT2D eigenvalue weighted by Gasteiger charge is 2.46. The molecule has 2 aromatic rings. The van der Waals surface area contributed by atoms with Gasteiger partial charge in [-0.05, 0) is 50.5 Å². The number of amides is 1. The number of carbonyl (C=O) groups is 2. The third-order valence-electron chi connectivity index (χ3n) is 4.40. The van der Waals surface area contributed by atoms with E-state index in [4.69, 9.17) is 4.74 Å². The molecule has 1 fully saturated rings. The molecule has 1 aliphatic carbocycles. The minimum Gasteiger partial charge on any atom is -0.497 e. The molecule has 0 aliphatic heterocycles. The molecule has 0 bridgehead atoms. The first-order chi connectivity index (χ1) is 11.5. The van der Waals surface area contributed by atoms with Crippen LogP contribution in [0.2, 0.25) is 0 Å². The van der Waals surface area contributed by atoms with Gasteiger partial charge in [0.05, 0.1) is 18.5 Å². The number of nitrogens with one attached hydrogen (secondary N) is 1. The number of aliphatic carboxylic acids is 1. The number of carboxylic acids is 1. The Kier molecular flexibility index (Phi) is 3.96. The van der Waals surface area contributed by atoms with Crippen molar-refractivity contribution in [1.29, 1.82) is 0 Å². The van der Waals surface area contributed by atoms with E-state index in [1.807, 2.05) is 0 Å². The largest absolute Gasteiger partial charge is 0.497 e. The second-order valence-corrected chi connectivity index (χ2v) is 5.83. The number of aromatic nitrogens is 3. The maximum Gasteiger partial charge on any atom is 0.329 e. The van der Waals surface area contributed by atoms with Gasteiger partial charge in [0.2, 0.25) is 0 Å². The Morgan fingerprint density at radius 1 is 1.29 bits per heavy atom. The van der Waals surface area contributed by atoms with E-state index < -0.39 is 17.4 Å². The summed E-state index contributed by atoms with van der Waals surface area (Å²) in [5.41, 5.74) is 0.222. The van der Waals surface area contributed by atoms with Gasteiger partial charge in [-0.25, -0.2) is 9.48 Å². The van der Waals surface area contributed by atoms with Crippen LogP contribution in [0.15, 0.2) is 24.3 Å². The lowest BCUT2D eigenvalue weighted by Gasteiger charge is -2.37. The number of ether oxygens (including phenoxy) is 1. The summed E-state index contributed by atoms with van der Waals surface area (Å²) >= 11 is 0. The van der Waals surface area contributed by atoms with Crippen molar-refractivity contribution in [3.63, 3.8) is 0 Å². The molecule has 0 radical (unpaired) electrons. The third-order valence-corrected chi connectivity index (χ3v) is 4.40. The van der Waals surface area contributed by atoms with Gasteiger partial charge < -0.3 is 15.2 Å². The molecule has 1 aromatic carbocycles. The minimum absolute atomic E-state index is 0.123. The van der Waals surface area contributed by atoms with Crippen LogP contribution in [0.1, 0.15) is 35.4 Å². The molecular weight excluding hydrogens is 312 g/mol. The van der Waals surface area contributed by atoms with Crippen LogP contribution in [-0.2, 0) is 4.79 Å². The zero-order valence-electron chi connectivity index (χ0n) is 13.4. The molecule has 0 atom stereocenters. The minimum atomic E-state index is -1.17. The van der Waals surface area contributed by atoms with Crippen molar-refractivity contribution < 1.29 is 19.4 Å². The second-order valence-electron chi connectivity index (χ2n) is 5.83. The first-order valence-corrected chi connectivity index (χ1v) is 7.59. The van der Waals surface area contributed by atoms with Crippen LogP contribution in [0.5, 0.6) is 5.75 Å². The van der Waals surface area contributed by atoms with Gasteiger partial charge in [-0.2, -0.15) is 0 Å². The number of hydrogen-bond acceptors (Lipinski definition) is 5. The molecule has 1 saturated carbocycles. The van der Waals surface area contributed by atoms with Crippen LogP contribution in [0, 0.1) is 6.92 Å². The molecule has 1 amide bonds. The smallest absolute Gasteiger partial charge is 0.329 e. The second kappa shape index (κ2) is 5.95. The van der Waals surface area contributed by atoms with Crippen molar-refractivity contribution in [2.75, 3.05) is 7.11 Å². The fraction of sp³-hybridized carbons (Fsp3) is 0.375. The van der Waals surface area contributed by atoms with Gasteiger partial charge in [-0.1, -0.05) is 5.21 Å². The standard InChI is InChI=1S/C16H18N4O4/c1-10-13(14(21)17-16(15(22)23)8-3-9-16)18-19-20(10)11-4-6-12(24-2)7-5-11/h4-7H,3,8-9H2,1-2H3,(H,17,21)(H,22,23). The fourth-order valence-electron chi connectivity index (χ4n) is 2.71. The lowest BCUT2D eigenvalue weighted by molar-refractivity contribution is -0.148. The maximum absolute atomic E-state index is 12.4. The van der Waals surface area contributed by atoms with E-state index in [0.717, 1.165) is 12.1 Å². The Labute approximate surface area is 138 Å². The molecule has 8 heteroatoms. The summed E-state index contributed by atoms with van der Waals surface area (Å²) < 4.78 is 6.64. The van der Waals surface area contributed by atoms with Gasteiger partial charge in [0.25, 0.3) is 5.91 Å². The summed E-state index contributed by atoms with van der Waals surface area (Å²) in [5, 5.41) is 19.8. The van der Waals surface area contributed by atoms with Crippen molar-refractivity contribution in [3.05, 3.63) is 35.7 Å². The van der Waals surface area contributed by atoms with Gasteiger partial charge in [-0.3, -0.25) is 4.79 Å². The van der Waals surface area contributed by atoms with E-state index in [1.54, 1.807) is 38.3 Å². The Morgan fingerprint density at radius 3 is 2.46 bits per heavy atom. The highest BCUT2D eigenvalue weighted by atomic mass is 16.5. The lowest BCUT2D eigenvalue weighted by atomic mass is 9.76. The molecule has 24 heavy (non-hydrogen) atoms. The number of rotatable bonds is 5. The normalized spacial score (nSPS) is 15.4. The number of hydrogen-bond donors (Lipinski definition) is 2. The number of carboxylic acid groups (broad SMARTS) is 1. The van der Waals surface area contributed by atoms with Crippen LogP contribution in [0.4, 0.5) is 0 Å². The highest BCUT2D eigenvalue weighted by Crippen LogP contribution is 2.32. The van der Waals surface area contributed by atoms with E-state index in [0.29, 0.717) is 24.3 Å². The maximum atomic E-state index is 12.4. The Bertz CT molecular complexity index is 778. The zero-order valence-corrected chi connectivity index (χ0v) is 13.4. The first kappa shape index (κ1) is 16.0. The van der Waals surface area contributed by atoms with Gasteiger partial charge in [0.1, 0.15) is 11.3 Å². The molecular formula is C16H18N4O4. The Balaban J connectivity index is 1.84. The first-order valence-electron chi connectivity index (χ1n) is 7.59. The van der Waals surface area contributed by atoms with Gasteiger partial charge in [0, 0.05) is 0 Å². The highest BCUT2D eigenvalue weighted by molar-refractivity contribution is 5.97. The molecule has 2 N–H and O–H groups in total. The lowest BCUT2D eigenvalue weighted by Crippen LogP contribution is -2.59. The summed E-state index contributed by atoms with van der Waals surface area (Å²) in [6, 6.07) is 7.16. The SMILES string of the molecule is COc1ccc(-n2nnc(C(=O)NC3(C(=O)O)CCC3)c2C)cc1. The summed E-state index contributed by atoms with van der Waals surface area (Å²) in [5.74, 6) is -0.820. The molecule has 8 nitrogen and oxygen atoms in total. The van der Waals surface area contributed by atoms with Gasteiger partial charge >= 0.3 is 5.97 Å². The van der Waals surface area contributed by atoms with E-state index in [9.17, 15) is 14.7 Å². The third kappa shape index (κ3) is 2.60. The van der Waals surface area contributed by atoms with E-state index >= 15 is 0 Å². The average Bonchev–Trinajstić information content (AvgIpc) is 2.92. The number of carbonyl (C=O) groups excluding carboxylic acids is 1. The Morgan fingerprint density at radius 2 is 1.96 bits per heavy atom. The zero-order chi connectivity index (χ0) is 17.3. The van der Waals surface area contributed by atoms with Crippen molar-refractivity contribution in [2.24, 2.45) is 0 Å². The van der Waals surface area contributed by atoms with E-state index in [1.165, 1.54) is 4.68 Å². The van der Waals surface area contributed by atoms with E-state index in [2.05, 4.69) is 15.6 Å². The van der Waals surface area contributed by atoms with Gasteiger partial charge in [0.15, 0.2) is 5.69 Å². The van der Waals surface area contributed by atoms with Crippen molar-refractivity contribution in [2.45, 2.75) is 31.7 Å². The van der Waals surface area contributed by atoms with Crippen molar-refractivity contribution >= 4 is 11.9 Å². The summed E-state index contributed by atoms with van der Waals surface area (Å²) in [4.78, 5) is 23.8. The van der Waals surface area contributed by atoms with Gasteiger partial charge in [-0.15, -0.1) is 5.10 Å². The predicted molar refractivity (Wildman–Crippen MR) is 84.3 cm³/mol. The van der Waals surface area contributed by atoms with E-state index in [-0.39, 0.29) is 5.69 Å². The molecule has 1 aromatic heterocycles. The summed E-state index contributed by atoms with van der Waals surface area (Å²) in [6.45, 7) is 1.72. The van der Waals surface area contributed by atoms with Crippen molar-refractivity contribution in [1.82, 2.24) is 20.3 Å². The molecule has 0 saturated heterocycles. The number of methoxy groups -OCH3 is 1. The predicted octanol–water partition coefficient (Wildman–Crippen LogP) is 1.32. The molecule has 0 unspecified atom stereocenters. The molecule has 126 valence electrons. The fourth-order valence-corrected chi connectivity index (χ4v) is 2.71. The van der Waals surface area contributed by atoms with Crippen molar-refractivity contribution in [3.8, 4) is 11.4 Å². The summed E-state index contributed by atoms with van der Waals surface area (Å²) in [7, 11) is 1.58. The summed E-state index contributed by atoms with van der Waals surface area (Å²) in [6.07, 6.45) is 1.64. The van der Waals surface area contributed by atoms with Crippen LogP contribution < -0.4 is 10.1 Å². The van der Waals surface area contributed by atoms with Crippen LogP contribution in [-0.4, -0.2) is 44.6 Å². The molecule has 1 heterocycles. The average molecular weight is 330 g/mol. The Hall–Kier alpha value is -2.90. The monoisotopic (exact) mass is 330 g/mol. The topological polar surface area (TPSA) is 106 Å². The number of nitrogens with zero attached hydrogens (tertiary/aromatic N) is 3. The molecule has 3 rings (SSSR count). The van der Waals surface area contributed by atoms with Crippen LogP contribution in [0.3, 0.4) is 0 Å². The molecule has 0 spiro atoms. The quantitative estimate of drug-likeness (QED) is 0.856. The number of benzene rings is 1.